The highest BCUT2D eigenvalue weighted by Gasteiger charge is 1.94. The summed E-state index contributed by atoms with van der Waals surface area (Å²) in [6, 6.07) is 13.3. The van der Waals surface area contributed by atoms with Crippen molar-refractivity contribution in [3.63, 3.8) is 0 Å². The molecule has 0 aliphatic heterocycles. The van der Waals surface area contributed by atoms with Gasteiger partial charge >= 0.3 is 0 Å². The van der Waals surface area contributed by atoms with Crippen molar-refractivity contribution in [3.8, 4) is 17.2 Å². The maximum absolute atomic E-state index is 9.13. The van der Waals surface area contributed by atoms with Gasteiger partial charge in [-0.15, -0.1) is 0 Å². The lowest BCUT2D eigenvalue weighted by atomic mass is 10.1. The predicted octanol–water partition coefficient (Wildman–Crippen LogP) is 5.39. The van der Waals surface area contributed by atoms with E-state index in [1.165, 1.54) is 68.4 Å². The average molecular weight is 316 g/mol. The Kier molecular flexibility index (Phi) is 9.37. The minimum atomic E-state index is 0.169. The number of hydrogen-bond donors (Lipinski definition) is 3. The molecule has 0 fully saturated rings. The first-order valence-corrected chi connectivity index (χ1v) is 8.37. The molecule has 0 radical (unpaired) electrons. The largest absolute Gasteiger partial charge is 0.508 e. The van der Waals surface area contributed by atoms with Gasteiger partial charge in [0.05, 0.1) is 0 Å². The summed E-state index contributed by atoms with van der Waals surface area (Å²) in [7, 11) is 0. The fraction of sp³-hybridized carbons (Fsp3) is 0.400. The third-order valence-corrected chi connectivity index (χ3v) is 3.61. The fourth-order valence-electron chi connectivity index (χ4n) is 2.22. The monoisotopic (exact) mass is 316 g/mol. The van der Waals surface area contributed by atoms with Crippen LogP contribution >= 0.6 is 0 Å². The van der Waals surface area contributed by atoms with E-state index < -0.39 is 0 Å². The summed E-state index contributed by atoms with van der Waals surface area (Å²) in [6.07, 6.45) is 9.19. The topological polar surface area (TPSA) is 60.7 Å². The molecular formula is C20H28O3. The molecule has 0 aromatic heterocycles. The van der Waals surface area contributed by atoms with Gasteiger partial charge in [0, 0.05) is 0 Å². The van der Waals surface area contributed by atoms with Crippen molar-refractivity contribution >= 4 is 0 Å². The van der Waals surface area contributed by atoms with Crippen molar-refractivity contribution < 1.29 is 15.3 Å². The van der Waals surface area contributed by atoms with E-state index in [1.807, 2.05) is 12.1 Å². The van der Waals surface area contributed by atoms with Gasteiger partial charge in [0.15, 0.2) is 0 Å². The van der Waals surface area contributed by atoms with Crippen LogP contribution in [0.4, 0.5) is 0 Å². The van der Waals surface area contributed by atoms with E-state index in [0.29, 0.717) is 5.75 Å². The highest BCUT2D eigenvalue weighted by Crippen LogP contribution is 2.14. The Bertz CT molecular complexity index is 497. The van der Waals surface area contributed by atoms with Gasteiger partial charge in [0.25, 0.3) is 0 Å². The maximum atomic E-state index is 9.13. The van der Waals surface area contributed by atoms with E-state index in [9.17, 15) is 0 Å². The smallest absolute Gasteiger partial charge is 0.115 e. The van der Waals surface area contributed by atoms with Crippen LogP contribution in [0.1, 0.15) is 51.0 Å². The molecule has 0 spiro atoms. The molecular weight excluding hydrogens is 288 g/mol. The lowest BCUT2D eigenvalue weighted by Crippen LogP contribution is -1.85. The molecule has 3 nitrogen and oxygen atoms in total. The number of aryl methyl sites for hydroxylation is 1. The summed E-state index contributed by atoms with van der Waals surface area (Å²) in [5.41, 5.74) is 1.34. The van der Waals surface area contributed by atoms with Crippen LogP contribution in [0.25, 0.3) is 0 Å². The average Bonchev–Trinajstić information content (AvgIpc) is 2.56. The minimum Gasteiger partial charge on any atom is -0.508 e. The molecule has 0 saturated carbocycles. The number of phenolic OH excluding ortho intramolecular Hbond substituents is 3. The molecule has 0 aliphatic carbocycles. The van der Waals surface area contributed by atoms with Crippen LogP contribution in [0, 0.1) is 0 Å². The van der Waals surface area contributed by atoms with Gasteiger partial charge in [-0.05, 0) is 54.8 Å². The zero-order valence-electron chi connectivity index (χ0n) is 13.9. The first kappa shape index (κ1) is 18.9. The highest BCUT2D eigenvalue weighted by atomic mass is 16.3. The van der Waals surface area contributed by atoms with Crippen LogP contribution in [0.3, 0.4) is 0 Å². The number of phenols is 3. The molecule has 2 aromatic carbocycles. The number of unbranched alkanes of at least 4 members (excludes halogenated alkanes) is 5. The van der Waals surface area contributed by atoms with Gasteiger partial charge < -0.3 is 15.3 Å². The summed E-state index contributed by atoms with van der Waals surface area (Å²) in [6.45, 7) is 2.25. The van der Waals surface area contributed by atoms with Crippen molar-refractivity contribution in [2.24, 2.45) is 0 Å². The number of benzene rings is 2. The molecule has 2 rings (SSSR count). The van der Waals surface area contributed by atoms with Crippen molar-refractivity contribution in [1.82, 2.24) is 0 Å². The molecule has 0 bridgehead atoms. The molecule has 3 heteroatoms. The van der Waals surface area contributed by atoms with E-state index in [0.717, 1.165) is 6.42 Å². The Morgan fingerprint density at radius 1 is 0.565 bits per heavy atom. The molecule has 0 saturated heterocycles. The van der Waals surface area contributed by atoms with Gasteiger partial charge in [0.1, 0.15) is 17.2 Å². The van der Waals surface area contributed by atoms with Gasteiger partial charge in [-0.1, -0.05) is 51.2 Å². The predicted molar refractivity (Wildman–Crippen MR) is 95.0 cm³/mol. The van der Waals surface area contributed by atoms with Crippen molar-refractivity contribution in [1.29, 1.82) is 0 Å². The van der Waals surface area contributed by atoms with E-state index in [2.05, 4.69) is 6.92 Å². The molecule has 0 heterocycles. The summed E-state index contributed by atoms with van der Waals surface area (Å²) in [4.78, 5) is 0. The Labute approximate surface area is 139 Å². The van der Waals surface area contributed by atoms with E-state index >= 15 is 0 Å². The van der Waals surface area contributed by atoms with Gasteiger partial charge in [-0.2, -0.15) is 0 Å². The van der Waals surface area contributed by atoms with Gasteiger partial charge in [-0.25, -0.2) is 0 Å². The first-order valence-electron chi connectivity index (χ1n) is 8.37. The molecule has 23 heavy (non-hydrogen) atoms. The van der Waals surface area contributed by atoms with Crippen LogP contribution in [0.5, 0.6) is 17.2 Å². The summed E-state index contributed by atoms with van der Waals surface area (Å²) in [5.74, 6) is 0.701. The third-order valence-electron chi connectivity index (χ3n) is 3.61. The van der Waals surface area contributed by atoms with E-state index in [-0.39, 0.29) is 11.5 Å². The van der Waals surface area contributed by atoms with Crippen LogP contribution < -0.4 is 0 Å². The third kappa shape index (κ3) is 9.46. The molecule has 0 unspecified atom stereocenters. The minimum absolute atomic E-state index is 0.169. The summed E-state index contributed by atoms with van der Waals surface area (Å²) >= 11 is 0. The Morgan fingerprint density at radius 3 is 1.43 bits per heavy atom. The van der Waals surface area contributed by atoms with Crippen LogP contribution in [-0.4, -0.2) is 15.3 Å². The van der Waals surface area contributed by atoms with Crippen molar-refractivity contribution in [2.75, 3.05) is 0 Å². The standard InChI is InChI=1S/C14H22O.C6H6O2/c1-2-3-4-5-6-7-8-13-9-11-14(15)12-10-13;7-5-1-2-6(8)4-3-5/h9-12,15H,2-8H2,1H3;1-4,7-8H. The number of aromatic hydroxyl groups is 3. The summed E-state index contributed by atoms with van der Waals surface area (Å²) < 4.78 is 0. The van der Waals surface area contributed by atoms with Gasteiger partial charge in [-0.3, -0.25) is 0 Å². The lowest BCUT2D eigenvalue weighted by Gasteiger charge is -2.02. The summed E-state index contributed by atoms with van der Waals surface area (Å²) in [5, 5.41) is 26.4. The fourth-order valence-corrected chi connectivity index (χ4v) is 2.22. The van der Waals surface area contributed by atoms with Crippen LogP contribution in [0.15, 0.2) is 48.5 Å². The van der Waals surface area contributed by atoms with Gasteiger partial charge in [0.2, 0.25) is 0 Å². The van der Waals surface area contributed by atoms with E-state index in [1.54, 1.807) is 12.1 Å². The molecule has 0 amide bonds. The van der Waals surface area contributed by atoms with Crippen LogP contribution in [-0.2, 0) is 6.42 Å². The molecule has 0 atom stereocenters. The second-order valence-electron chi connectivity index (χ2n) is 5.70. The number of hydrogen-bond acceptors (Lipinski definition) is 3. The second-order valence-corrected chi connectivity index (χ2v) is 5.70. The lowest BCUT2D eigenvalue weighted by molar-refractivity contribution is 0.460. The normalized spacial score (nSPS) is 9.96. The van der Waals surface area contributed by atoms with Crippen molar-refractivity contribution in [2.45, 2.75) is 51.9 Å². The SMILES string of the molecule is CCCCCCCCc1ccc(O)cc1.Oc1ccc(O)cc1. The quantitative estimate of drug-likeness (QED) is 0.474. The zero-order valence-corrected chi connectivity index (χ0v) is 13.9. The Hall–Kier alpha value is -2.16. The second kappa shape index (κ2) is 11.4. The molecule has 0 aliphatic rings. The molecule has 126 valence electrons. The first-order chi connectivity index (χ1) is 11.1. The Balaban J connectivity index is 0.000000277. The molecule has 2 aromatic rings. The molecule has 3 N–H and O–H groups in total. The highest BCUT2D eigenvalue weighted by molar-refractivity contribution is 5.28. The zero-order chi connectivity index (χ0) is 16.9. The number of rotatable bonds is 7. The van der Waals surface area contributed by atoms with Crippen LogP contribution in [0.2, 0.25) is 0 Å². The van der Waals surface area contributed by atoms with E-state index in [4.69, 9.17) is 15.3 Å². The maximum Gasteiger partial charge on any atom is 0.115 e. The van der Waals surface area contributed by atoms with Crippen molar-refractivity contribution in [3.05, 3.63) is 54.1 Å². The Morgan fingerprint density at radius 2 is 0.957 bits per heavy atom.